The maximum atomic E-state index is 2.33. The van der Waals surface area contributed by atoms with Gasteiger partial charge in [-0.25, -0.2) is 0 Å². The SMILES string of the molecule is CC1N(C)C=CN1Cc1ccccc1. The molecule has 1 aliphatic rings. The van der Waals surface area contributed by atoms with Crippen molar-refractivity contribution in [2.24, 2.45) is 0 Å². The van der Waals surface area contributed by atoms with Gasteiger partial charge >= 0.3 is 0 Å². The molecule has 0 aromatic heterocycles. The lowest BCUT2D eigenvalue weighted by atomic mass is 10.2. The van der Waals surface area contributed by atoms with Gasteiger partial charge in [0.15, 0.2) is 0 Å². The lowest BCUT2D eigenvalue weighted by Crippen LogP contribution is -2.32. The average Bonchev–Trinajstić information content (AvgIpc) is 2.52. The molecule has 1 unspecified atom stereocenters. The highest BCUT2D eigenvalue weighted by molar-refractivity contribution is 5.15. The van der Waals surface area contributed by atoms with Crippen LogP contribution >= 0.6 is 0 Å². The second kappa shape index (κ2) is 3.74. The van der Waals surface area contributed by atoms with E-state index < -0.39 is 0 Å². The number of benzene rings is 1. The van der Waals surface area contributed by atoms with Crippen LogP contribution in [0.3, 0.4) is 0 Å². The highest BCUT2D eigenvalue weighted by Crippen LogP contribution is 2.16. The molecular formula is C12H16N2. The normalized spacial score (nSPS) is 20.6. The van der Waals surface area contributed by atoms with E-state index in [0.29, 0.717) is 6.17 Å². The molecule has 74 valence electrons. The molecule has 1 aromatic rings. The summed E-state index contributed by atoms with van der Waals surface area (Å²) in [5.41, 5.74) is 1.36. The Morgan fingerprint density at radius 1 is 1.14 bits per heavy atom. The minimum absolute atomic E-state index is 0.468. The third kappa shape index (κ3) is 1.74. The Labute approximate surface area is 85.4 Å². The second-order valence-corrected chi connectivity index (χ2v) is 3.75. The Morgan fingerprint density at radius 3 is 2.43 bits per heavy atom. The summed E-state index contributed by atoms with van der Waals surface area (Å²) in [7, 11) is 2.10. The summed E-state index contributed by atoms with van der Waals surface area (Å²) in [6, 6.07) is 10.6. The lowest BCUT2D eigenvalue weighted by molar-refractivity contribution is 0.189. The summed E-state index contributed by atoms with van der Waals surface area (Å²) in [5, 5.41) is 0. The van der Waals surface area contributed by atoms with Gasteiger partial charge in [0, 0.05) is 26.0 Å². The summed E-state index contributed by atoms with van der Waals surface area (Å²) >= 11 is 0. The van der Waals surface area contributed by atoms with Gasteiger partial charge in [-0.2, -0.15) is 0 Å². The maximum absolute atomic E-state index is 2.33. The first kappa shape index (κ1) is 9.13. The Balaban J connectivity index is 2.03. The average molecular weight is 188 g/mol. The quantitative estimate of drug-likeness (QED) is 0.702. The monoisotopic (exact) mass is 188 g/mol. The molecule has 0 fully saturated rings. The fourth-order valence-corrected chi connectivity index (χ4v) is 1.65. The van der Waals surface area contributed by atoms with Crippen LogP contribution < -0.4 is 0 Å². The van der Waals surface area contributed by atoms with Gasteiger partial charge < -0.3 is 9.80 Å². The van der Waals surface area contributed by atoms with Gasteiger partial charge in [-0.1, -0.05) is 30.3 Å². The fraction of sp³-hybridized carbons (Fsp3) is 0.333. The van der Waals surface area contributed by atoms with E-state index in [1.54, 1.807) is 0 Å². The molecule has 2 rings (SSSR count). The molecule has 0 saturated heterocycles. The van der Waals surface area contributed by atoms with Crippen molar-refractivity contribution in [2.75, 3.05) is 7.05 Å². The first-order chi connectivity index (χ1) is 6.77. The highest BCUT2D eigenvalue weighted by atomic mass is 15.4. The summed E-state index contributed by atoms with van der Waals surface area (Å²) < 4.78 is 0. The predicted octanol–water partition coefficient (Wildman–Crippen LogP) is 2.25. The van der Waals surface area contributed by atoms with Gasteiger partial charge in [0.2, 0.25) is 0 Å². The van der Waals surface area contributed by atoms with Crippen molar-refractivity contribution >= 4 is 0 Å². The molecule has 1 heterocycles. The summed E-state index contributed by atoms with van der Waals surface area (Å²) in [5.74, 6) is 0. The van der Waals surface area contributed by atoms with Gasteiger partial charge in [0.25, 0.3) is 0 Å². The molecule has 14 heavy (non-hydrogen) atoms. The standard InChI is InChI=1S/C12H16N2/c1-11-13(2)8-9-14(11)10-12-6-4-3-5-7-12/h3-9,11H,10H2,1-2H3. The van der Waals surface area contributed by atoms with E-state index >= 15 is 0 Å². The lowest BCUT2D eigenvalue weighted by Gasteiger charge is -2.27. The summed E-state index contributed by atoms with van der Waals surface area (Å²) in [6.07, 6.45) is 4.74. The van der Waals surface area contributed by atoms with Crippen molar-refractivity contribution in [3.05, 3.63) is 48.3 Å². The maximum Gasteiger partial charge on any atom is 0.0978 e. The molecule has 0 bridgehead atoms. The number of nitrogens with zero attached hydrogens (tertiary/aromatic N) is 2. The zero-order valence-corrected chi connectivity index (χ0v) is 8.72. The molecule has 0 saturated carbocycles. The van der Waals surface area contributed by atoms with E-state index in [1.165, 1.54) is 5.56 Å². The number of hydrogen-bond donors (Lipinski definition) is 0. The van der Waals surface area contributed by atoms with E-state index in [9.17, 15) is 0 Å². The van der Waals surface area contributed by atoms with Crippen LogP contribution in [-0.4, -0.2) is 23.0 Å². The number of rotatable bonds is 2. The van der Waals surface area contributed by atoms with Gasteiger partial charge in [0.1, 0.15) is 0 Å². The molecule has 1 atom stereocenters. The van der Waals surface area contributed by atoms with Gasteiger partial charge in [-0.3, -0.25) is 0 Å². The Kier molecular flexibility index (Phi) is 2.44. The van der Waals surface area contributed by atoms with E-state index in [4.69, 9.17) is 0 Å². The van der Waals surface area contributed by atoms with Crippen molar-refractivity contribution in [1.29, 1.82) is 0 Å². The Bertz CT molecular complexity index is 318. The van der Waals surface area contributed by atoms with Crippen LogP contribution in [0.25, 0.3) is 0 Å². The third-order valence-electron chi connectivity index (χ3n) is 2.77. The second-order valence-electron chi connectivity index (χ2n) is 3.75. The predicted molar refractivity (Wildman–Crippen MR) is 58.4 cm³/mol. The van der Waals surface area contributed by atoms with Gasteiger partial charge in [-0.05, 0) is 12.5 Å². The van der Waals surface area contributed by atoms with E-state index in [1.807, 2.05) is 0 Å². The fourth-order valence-electron chi connectivity index (χ4n) is 1.65. The van der Waals surface area contributed by atoms with Gasteiger partial charge in [-0.15, -0.1) is 0 Å². The topological polar surface area (TPSA) is 6.48 Å². The number of hydrogen-bond acceptors (Lipinski definition) is 2. The highest BCUT2D eigenvalue weighted by Gasteiger charge is 2.17. The molecule has 2 heteroatoms. The van der Waals surface area contributed by atoms with Crippen LogP contribution in [0.4, 0.5) is 0 Å². The first-order valence-corrected chi connectivity index (χ1v) is 4.97. The Hall–Kier alpha value is -1.44. The molecule has 1 aliphatic heterocycles. The van der Waals surface area contributed by atoms with E-state index in [2.05, 4.69) is 66.5 Å². The summed E-state index contributed by atoms with van der Waals surface area (Å²) in [6.45, 7) is 3.20. The van der Waals surface area contributed by atoms with Gasteiger partial charge in [0.05, 0.1) is 6.17 Å². The first-order valence-electron chi connectivity index (χ1n) is 4.97. The van der Waals surface area contributed by atoms with E-state index in [-0.39, 0.29) is 0 Å². The minimum Gasteiger partial charge on any atom is -0.359 e. The summed E-state index contributed by atoms with van der Waals surface area (Å²) in [4.78, 5) is 4.54. The molecule has 1 aromatic carbocycles. The van der Waals surface area contributed by atoms with Crippen molar-refractivity contribution in [3.63, 3.8) is 0 Å². The molecule has 0 spiro atoms. The molecule has 2 nitrogen and oxygen atoms in total. The van der Waals surface area contributed by atoms with Crippen LogP contribution in [0.15, 0.2) is 42.7 Å². The largest absolute Gasteiger partial charge is 0.359 e. The minimum atomic E-state index is 0.468. The van der Waals surface area contributed by atoms with E-state index in [0.717, 1.165) is 6.54 Å². The zero-order valence-electron chi connectivity index (χ0n) is 8.72. The zero-order chi connectivity index (χ0) is 9.97. The molecule has 0 aliphatic carbocycles. The third-order valence-corrected chi connectivity index (χ3v) is 2.77. The van der Waals surface area contributed by atoms with Crippen LogP contribution in [-0.2, 0) is 6.54 Å². The van der Waals surface area contributed by atoms with Crippen LogP contribution in [0.1, 0.15) is 12.5 Å². The molecular weight excluding hydrogens is 172 g/mol. The van der Waals surface area contributed by atoms with Crippen LogP contribution in [0.5, 0.6) is 0 Å². The van der Waals surface area contributed by atoms with Crippen LogP contribution in [0.2, 0.25) is 0 Å². The smallest absolute Gasteiger partial charge is 0.0978 e. The van der Waals surface area contributed by atoms with Crippen molar-refractivity contribution < 1.29 is 0 Å². The van der Waals surface area contributed by atoms with Crippen molar-refractivity contribution in [1.82, 2.24) is 9.80 Å². The molecule has 0 amide bonds. The molecule has 0 radical (unpaired) electrons. The van der Waals surface area contributed by atoms with Crippen molar-refractivity contribution in [3.8, 4) is 0 Å². The molecule has 0 N–H and O–H groups in total. The van der Waals surface area contributed by atoms with Crippen molar-refractivity contribution in [2.45, 2.75) is 19.6 Å². The Morgan fingerprint density at radius 2 is 1.86 bits per heavy atom. The van der Waals surface area contributed by atoms with Crippen LogP contribution in [0, 0.1) is 0 Å².